The molecular weight excluding hydrogens is 532 g/mol. The van der Waals surface area contributed by atoms with Crippen LogP contribution < -0.4 is 29.4 Å². The first kappa shape index (κ1) is 28.1. The molecule has 0 aliphatic carbocycles. The van der Waals surface area contributed by atoms with E-state index in [2.05, 4.69) is 6.07 Å². The Balaban J connectivity index is 1.39. The Labute approximate surface area is 244 Å². The number of nitriles is 1. The molecule has 0 saturated heterocycles. The molecule has 4 aromatic carbocycles. The Hall–Kier alpha value is -5.42. The van der Waals surface area contributed by atoms with Gasteiger partial charge < -0.3 is 29.4 Å². The number of hydrogen-bond acceptors (Lipinski definition) is 8. The Bertz CT molecular complexity index is 1660. The van der Waals surface area contributed by atoms with Gasteiger partial charge in [0, 0.05) is 11.6 Å². The highest BCUT2D eigenvalue weighted by atomic mass is 16.5. The van der Waals surface area contributed by atoms with Gasteiger partial charge in [-0.1, -0.05) is 42.5 Å². The van der Waals surface area contributed by atoms with Gasteiger partial charge in [-0.2, -0.15) is 5.26 Å². The van der Waals surface area contributed by atoms with Gasteiger partial charge in [-0.05, 0) is 67.4 Å². The Morgan fingerprint density at radius 2 is 1.69 bits per heavy atom. The van der Waals surface area contributed by atoms with E-state index in [1.165, 1.54) is 0 Å². The normalized spacial score (nSPS) is 13.9. The molecule has 42 heavy (non-hydrogen) atoms. The third-order valence-corrected chi connectivity index (χ3v) is 6.62. The lowest BCUT2D eigenvalue weighted by Crippen LogP contribution is -2.21. The van der Waals surface area contributed by atoms with Gasteiger partial charge in [-0.25, -0.2) is 4.79 Å². The number of methoxy groups -OCH3 is 1. The number of hydrogen-bond donors (Lipinski definition) is 1. The fraction of sp³-hybridized carbons (Fsp3) is 0.176. The van der Waals surface area contributed by atoms with Crippen LogP contribution in [0.1, 0.15) is 46.8 Å². The van der Waals surface area contributed by atoms with Crippen LogP contribution in [0.4, 0.5) is 0 Å². The van der Waals surface area contributed by atoms with Crippen LogP contribution in [0.2, 0.25) is 0 Å². The van der Waals surface area contributed by atoms with E-state index in [-0.39, 0.29) is 23.3 Å². The summed E-state index contributed by atoms with van der Waals surface area (Å²) < 4.78 is 28.7. The molecule has 0 fully saturated rings. The molecule has 5 rings (SSSR count). The second-order valence-electron chi connectivity index (χ2n) is 9.89. The van der Waals surface area contributed by atoms with Crippen LogP contribution in [0, 0.1) is 11.3 Å². The van der Waals surface area contributed by atoms with E-state index in [0.717, 1.165) is 11.1 Å². The lowest BCUT2D eigenvalue weighted by atomic mass is 9.83. The molecule has 1 unspecified atom stereocenters. The maximum absolute atomic E-state index is 12.8. The van der Waals surface area contributed by atoms with E-state index in [4.69, 9.17) is 29.4 Å². The number of benzene rings is 4. The summed E-state index contributed by atoms with van der Waals surface area (Å²) in [5, 5.41) is 9.98. The van der Waals surface area contributed by atoms with Crippen LogP contribution >= 0.6 is 0 Å². The molecule has 1 aliphatic rings. The van der Waals surface area contributed by atoms with Gasteiger partial charge >= 0.3 is 5.97 Å². The molecule has 0 saturated carbocycles. The predicted octanol–water partition coefficient (Wildman–Crippen LogP) is 6.50. The summed E-state index contributed by atoms with van der Waals surface area (Å²) in [4.78, 5) is 12.8. The Morgan fingerprint density at radius 3 is 2.38 bits per heavy atom. The quantitative estimate of drug-likeness (QED) is 0.182. The number of allylic oxidation sites excluding steroid dienone is 1. The predicted molar refractivity (Wildman–Crippen MR) is 157 cm³/mol. The number of ether oxygens (including phenoxy) is 5. The largest absolute Gasteiger partial charge is 0.493 e. The van der Waals surface area contributed by atoms with Crippen LogP contribution in [0.15, 0.2) is 102 Å². The van der Waals surface area contributed by atoms with Crippen molar-refractivity contribution in [1.82, 2.24) is 0 Å². The first-order valence-electron chi connectivity index (χ1n) is 13.4. The maximum atomic E-state index is 12.8. The molecule has 212 valence electrons. The van der Waals surface area contributed by atoms with Gasteiger partial charge in [0.2, 0.25) is 5.88 Å². The average molecular weight is 563 g/mol. The van der Waals surface area contributed by atoms with E-state index >= 15 is 0 Å². The zero-order valence-corrected chi connectivity index (χ0v) is 23.5. The summed E-state index contributed by atoms with van der Waals surface area (Å²) in [6.07, 6.45) is 0.0251. The smallest absolute Gasteiger partial charge is 0.343 e. The van der Waals surface area contributed by atoms with E-state index in [9.17, 15) is 10.1 Å². The fourth-order valence-electron chi connectivity index (χ4n) is 4.67. The number of carbonyl (C=O) groups is 1. The van der Waals surface area contributed by atoms with Crippen molar-refractivity contribution in [3.05, 3.63) is 125 Å². The van der Waals surface area contributed by atoms with Crippen LogP contribution in [0.5, 0.6) is 28.7 Å². The summed E-state index contributed by atoms with van der Waals surface area (Å²) in [5.74, 6) is 1.31. The molecule has 4 aromatic rings. The minimum atomic E-state index is -0.533. The molecule has 8 nitrogen and oxygen atoms in total. The number of nitrogens with zero attached hydrogens (tertiary/aromatic N) is 1. The monoisotopic (exact) mass is 562 g/mol. The van der Waals surface area contributed by atoms with Gasteiger partial charge in [0.15, 0.2) is 11.5 Å². The summed E-state index contributed by atoms with van der Waals surface area (Å²) in [7, 11) is 1.56. The summed E-state index contributed by atoms with van der Waals surface area (Å²) in [5.41, 5.74) is 9.30. The molecule has 1 aliphatic heterocycles. The first-order chi connectivity index (χ1) is 20.4. The van der Waals surface area contributed by atoms with Gasteiger partial charge in [0.25, 0.3) is 0 Å². The van der Waals surface area contributed by atoms with Crippen LogP contribution in [-0.2, 0) is 6.61 Å². The van der Waals surface area contributed by atoms with Crippen molar-refractivity contribution in [2.24, 2.45) is 5.73 Å². The average Bonchev–Trinajstić information content (AvgIpc) is 2.99. The molecule has 0 bridgehead atoms. The van der Waals surface area contributed by atoms with E-state index in [1.54, 1.807) is 49.6 Å². The molecule has 0 spiro atoms. The molecule has 1 atom stereocenters. The number of fused-ring (bicyclic) bond motifs is 1. The lowest BCUT2D eigenvalue weighted by molar-refractivity contribution is 0.0734. The second-order valence-corrected chi connectivity index (χ2v) is 9.89. The summed E-state index contributed by atoms with van der Waals surface area (Å²) in [6.45, 7) is 4.24. The van der Waals surface area contributed by atoms with Crippen molar-refractivity contribution in [2.75, 3.05) is 7.11 Å². The number of nitrogens with two attached hydrogens (primary N) is 1. The Kier molecular flexibility index (Phi) is 8.30. The number of rotatable bonds is 9. The standard InChI is InChI=1S/C34H30N2O6/c1-21(2)40-25-12-9-23(10-13-25)34(37)41-26-14-15-27-30(18-26)42-33(36)28(19-35)32(27)24-11-16-29(31(17-24)38-3)39-20-22-7-5-4-6-8-22/h4-18,21,32H,20,36H2,1-3H3. The van der Waals surface area contributed by atoms with Gasteiger partial charge in [-0.15, -0.1) is 0 Å². The SMILES string of the molecule is COc1cc(C2C(C#N)=C(N)Oc3cc(OC(=O)c4ccc(OC(C)C)cc4)ccc32)ccc1OCc1ccccc1. The van der Waals surface area contributed by atoms with Crippen LogP contribution in [-0.4, -0.2) is 19.2 Å². The highest BCUT2D eigenvalue weighted by molar-refractivity contribution is 5.91. The highest BCUT2D eigenvalue weighted by Gasteiger charge is 2.32. The third kappa shape index (κ3) is 6.16. The maximum Gasteiger partial charge on any atom is 0.343 e. The molecule has 0 radical (unpaired) electrons. The van der Waals surface area contributed by atoms with E-state index < -0.39 is 11.9 Å². The highest BCUT2D eigenvalue weighted by Crippen LogP contribution is 2.45. The molecule has 1 heterocycles. The fourth-order valence-corrected chi connectivity index (χ4v) is 4.67. The first-order valence-corrected chi connectivity index (χ1v) is 13.4. The topological polar surface area (TPSA) is 113 Å². The van der Waals surface area contributed by atoms with Crippen molar-refractivity contribution in [3.8, 4) is 34.8 Å². The minimum Gasteiger partial charge on any atom is -0.493 e. The summed E-state index contributed by atoms with van der Waals surface area (Å²) >= 11 is 0. The molecule has 2 N–H and O–H groups in total. The molecule has 0 aromatic heterocycles. The zero-order chi connectivity index (χ0) is 29.6. The van der Waals surface area contributed by atoms with Crippen molar-refractivity contribution >= 4 is 5.97 Å². The number of carbonyl (C=O) groups excluding carboxylic acids is 1. The molecular formula is C34H30N2O6. The Morgan fingerprint density at radius 1 is 0.952 bits per heavy atom. The number of esters is 1. The molecule has 8 heteroatoms. The van der Waals surface area contributed by atoms with Crippen molar-refractivity contribution in [2.45, 2.75) is 32.5 Å². The van der Waals surface area contributed by atoms with Gasteiger partial charge in [0.05, 0.1) is 24.7 Å². The van der Waals surface area contributed by atoms with Gasteiger partial charge in [-0.3, -0.25) is 0 Å². The second kappa shape index (κ2) is 12.4. The third-order valence-electron chi connectivity index (χ3n) is 6.62. The molecule has 0 amide bonds. The summed E-state index contributed by atoms with van der Waals surface area (Å²) in [6, 6.07) is 29.3. The van der Waals surface area contributed by atoms with E-state index in [1.807, 2.05) is 62.4 Å². The van der Waals surface area contributed by atoms with Crippen molar-refractivity contribution in [3.63, 3.8) is 0 Å². The van der Waals surface area contributed by atoms with E-state index in [0.29, 0.717) is 40.7 Å². The van der Waals surface area contributed by atoms with Crippen LogP contribution in [0.3, 0.4) is 0 Å². The van der Waals surface area contributed by atoms with Crippen LogP contribution in [0.25, 0.3) is 0 Å². The van der Waals surface area contributed by atoms with Crippen molar-refractivity contribution < 1.29 is 28.5 Å². The lowest BCUT2D eigenvalue weighted by Gasteiger charge is -2.27. The van der Waals surface area contributed by atoms with Crippen molar-refractivity contribution in [1.29, 1.82) is 5.26 Å². The minimum absolute atomic E-state index is 0.0251. The zero-order valence-electron chi connectivity index (χ0n) is 23.5. The van der Waals surface area contributed by atoms with Gasteiger partial charge in [0.1, 0.15) is 35.5 Å².